The molecule has 4 nitrogen and oxygen atoms in total. The fourth-order valence-electron chi connectivity index (χ4n) is 1.97. The highest BCUT2D eigenvalue weighted by molar-refractivity contribution is 5.77. The van der Waals surface area contributed by atoms with E-state index in [1.54, 1.807) is 19.2 Å². The van der Waals surface area contributed by atoms with Gasteiger partial charge in [0.2, 0.25) is 5.88 Å². The zero-order chi connectivity index (χ0) is 13.4. The van der Waals surface area contributed by atoms with Crippen LogP contribution in [-0.2, 0) is 0 Å². The van der Waals surface area contributed by atoms with E-state index in [4.69, 9.17) is 4.74 Å². The van der Waals surface area contributed by atoms with E-state index in [1.165, 1.54) is 12.1 Å². The van der Waals surface area contributed by atoms with Crippen molar-refractivity contribution in [1.29, 1.82) is 0 Å². The van der Waals surface area contributed by atoms with Crippen LogP contribution in [0.2, 0.25) is 0 Å². The Hall–Kier alpha value is -2.43. The number of imidazole rings is 1. The molecule has 0 spiro atoms. The number of methoxy groups -OCH3 is 1. The number of aromatic amines is 1. The van der Waals surface area contributed by atoms with Crippen molar-refractivity contribution in [2.45, 2.75) is 6.92 Å². The monoisotopic (exact) mass is 257 g/mol. The van der Waals surface area contributed by atoms with E-state index in [1.807, 2.05) is 13.0 Å². The molecule has 96 valence electrons. The number of benzene rings is 1. The number of ether oxygens (including phenoxy) is 1. The minimum Gasteiger partial charge on any atom is -0.481 e. The van der Waals surface area contributed by atoms with Gasteiger partial charge >= 0.3 is 0 Å². The Morgan fingerprint density at radius 1 is 1.16 bits per heavy atom. The number of rotatable bonds is 2. The maximum absolute atomic E-state index is 13.3. The summed E-state index contributed by atoms with van der Waals surface area (Å²) in [4.78, 5) is 11.7. The maximum Gasteiger partial charge on any atom is 0.215 e. The van der Waals surface area contributed by atoms with Crippen LogP contribution in [0.1, 0.15) is 5.56 Å². The lowest BCUT2D eigenvalue weighted by Crippen LogP contribution is -1.87. The molecule has 3 rings (SSSR count). The quantitative estimate of drug-likeness (QED) is 0.767. The number of hydrogen-bond acceptors (Lipinski definition) is 3. The average Bonchev–Trinajstić information content (AvgIpc) is 2.83. The number of pyridine rings is 1. The summed E-state index contributed by atoms with van der Waals surface area (Å²) in [6, 6.07) is 8.22. The van der Waals surface area contributed by atoms with Crippen molar-refractivity contribution in [3.8, 4) is 17.3 Å². The second-order valence-corrected chi connectivity index (χ2v) is 4.27. The number of nitrogens with one attached hydrogen (secondary N) is 1. The predicted molar refractivity (Wildman–Crippen MR) is 70.6 cm³/mol. The topological polar surface area (TPSA) is 50.8 Å². The highest BCUT2D eigenvalue weighted by Gasteiger charge is 2.10. The van der Waals surface area contributed by atoms with Crippen molar-refractivity contribution in [1.82, 2.24) is 15.0 Å². The Bertz CT molecular complexity index is 752. The second-order valence-electron chi connectivity index (χ2n) is 4.27. The van der Waals surface area contributed by atoms with Gasteiger partial charge in [0.25, 0.3) is 0 Å². The molecule has 3 aromatic rings. The smallest absolute Gasteiger partial charge is 0.215 e. The van der Waals surface area contributed by atoms with Gasteiger partial charge in [-0.15, -0.1) is 0 Å². The van der Waals surface area contributed by atoms with Crippen molar-refractivity contribution in [2.24, 2.45) is 0 Å². The largest absolute Gasteiger partial charge is 0.481 e. The molecule has 19 heavy (non-hydrogen) atoms. The van der Waals surface area contributed by atoms with Crippen LogP contribution in [0, 0.1) is 12.7 Å². The van der Waals surface area contributed by atoms with E-state index in [2.05, 4.69) is 15.0 Å². The molecule has 5 heteroatoms. The van der Waals surface area contributed by atoms with Crippen LogP contribution in [-0.4, -0.2) is 22.1 Å². The number of aromatic nitrogens is 3. The van der Waals surface area contributed by atoms with Crippen molar-refractivity contribution in [2.75, 3.05) is 7.11 Å². The minimum absolute atomic E-state index is 0.286. The molecular weight excluding hydrogens is 245 g/mol. The number of aryl methyl sites for hydroxylation is 1. The van der Waals surface area contributed by atoms with Gasteiger partial charge in [-0.05, 0) is 30.7 Å². The van der Waals surface area contributed by atoms with Gasteiger partial charge in [0.1, 0.15) is 11.6 Å². The molecule has 1 aromatic carbocycles. The molecule has 0 saturated heterocycles. The Labute approximate surface area is 109 Å². The molecule has 1 N–H and O–H groups in total. The molecule has 0 unspecified atom stereocenters. The van der Waals surface area contributed by atoms with Crippen LogP contribution >= 0.6 is 0 Å². The molecule has 2 heterocycles. The molecule has 0 fully saturated rings. The van der Waals surface area contributed by atoms with Crippen LogP contribution < -0.4 is 4.74 Å². The first-order valence-corrected chi connectivity index (χ1v) is 5.84. The lowest BCUT2D eigenvalue weighted by atomic mass is 10.1. The molecule has 0 radical (unpaired) electrons. The van der Waals surface area contributed by atoms with Crippen LogP contribution in [0.15, 0.2) is 30.3 Å². The summed E-state index contributed by atoms with van der Waals surface area (Å²) in [6.07, 6.45) is 0. The number of H-pyrrole nitrogens is 1. The minimum atomic E-state index is -0.286. The van der Waals surface area contributed by atoms with Gasteiger partial charge in [0, 0.05) is 11.6 Å². The summed E-state index contributed by atoms with van der Waals surface area (Å²) in [6.45, 7) is 1.91. The summed E-state index contributed by atoms with van der Waals surface area (Å²) in [7, 11) is 1.55. The molecule has 0 saturated carbocycles. The first-order chi connectivity index (χ1) is 9.17. The molecule has 0 aliphatic heterocycles. The first kappa shape index (κ1) is 11.6. The van der Waals surface area contributed by atoms with E-state index in [-0.39, 0.29) is 5.82 Å². The Kier molecular flexibility index (Phi) is 2.67. The van der Waals surface area contributed by atoms with Crippen LogP contribution in [0.3, 0.4) is 0 Å². The van der Waals surface area contributed by atoms with E-state index >= 15 is 0 Å². The number of halogens is 1. The Morgan fingerprint density at radius 3 is 2.79 bits per heavy atom. The summed E-state index contributed by atoms with van der Waals surface area (Å²) >= 11 is 0. The third kappa shape index (κ3) is 2.03. The van der Waals surface area contributed by atoms with E-state index in [0.29, 0.717) is 17.4 Å². The molecule has 2 aromatic heterocycles. The normalized spacial score (nSPS) is 10.9. The zero-order valence-corrected chi connectivity index (χ0v) is 10.6. The molecule has 0 aliphatic carbocycles. The summed E-state index contributed by atoms with van der Waals surface area (Å²) in [5.74, 6) is 0.820. The molecule has 0 aliphatic rings. The molecule has 0 atom stereocenters. The predicted octanol–water partition coefficient (Wildman–Crippen LogP) is 3.08. The number of fused-ring (bicyclic) bond motifs is 1. The van der Waals surface area contributed by atoms with Gasteiger partial charge in [-0.25, -0.2) is 9.37 Å². The average molecular weight is 257 g/mol. The Balaban J connectivity index is 2.17. The highest BCUT2D eigenvalue weighted by Crippen LogP contribution is 2.24. The highest BCUT2D eigenvalue weighted by atomic mass is 19.1. The van der Waals surface area contributed by atoms with Gasteiger partial charge in [0.05, 0.1) is 12.6 Å². The third-order valence-electron chi connectivity index (χ3n) is 2.98. The van der Waals surface area contributed by atoms with Gasteiger partial charge in [-0.3, -0.25) is 0 Å². The summed E-state index contributed by atoms with van der Waals surface area (Å²) in [5, 5.41) is 0. The molecular formula is C14H12FN3O. The second kappa shape index (κ2) is 4.35. The van der Waals surface area contributed by atoms with Gasteiger partial charge in [-0.1, -0.05) is 6.07 Å². The van der Waals surface area contributed by atoms with Gasteiger partial charge < -0.3 is 9.72 Å². The third-order valence-corrected chi connectivity index (χ3v) is 2.98. The molecule has 0 amide bonds. The summed E-state index contributed by atoms with van der Waals surface area (Å²) < 4.78 is 18.4. The number of hydrogen-bond donors (Lipinski definition) is 1. The number of nitrogens with zero attached hydrogens (tertiary/aromatic N) is 2. The zero-order valence-electron chi connectivity index (χ0n) is 10.6. The fourth-order valence-corrected chi connectivity index (χ4v) is 1.97. The standard InChI is InChI=1S/C14H12FN3O/c1-8-3-4-9(15)7-10(8)13-16-11-5-6-12(19-2)17-14(11)18-13/h3-7H,1-2H3,(H,16,17,18). The van der Waals surface area contributed by atoms with Crippen LogP contribution in [0.25, 0.3) is 22.6 Å². The molecule has 0 bridgehead atoms. The SMILES string of the molecule is COc1ccc2[nH]c(-c3cc(F)ccc3C)nc2n1. The van der Waals surface area contributed by atoms with E-state index in [9.17, 15) is 4.39 Å². The summed E-state index contributed by atoms with van der Waals surface area (Å²) in [5.41, 5.74) is 3.03. The Morgan fingerprint density at radius 2 is 2.00 bits per heavy atom. The van der Waals surface area contributed by atoms with Crippen molar-refractivity contribution in [3.63, 3.8) is 0 Å². The van der Waals surface area contributed by atoms with Gasteiger partial charge in [-0.2, -0.15) is 4.98 Å². The first-order valence-electron chi connectivity index (χ1n) is 5.84. The van der Waals surface area contributed by atoms with Gasteiger partial charge in [0.15, 0.2) is 5.65 Å². The lowest BCUT2D eigenvalue weighted by molar-refractivity contribution is 0.399. The van der Waals surface area contributed by atoms with Crippen molar-refractivity contribution < 1.29 is 9.13 Å². The van der Waals surface area contributed by atoms with E-state index in [0.717, 1.165) is 16.6 Å². The van der Waals surface area contributed by atoms with Crippen LogP contribution in [0.5, 0.6) is 5.88 Å². The lowest BCUT2D eigenvalue weighted by Gasteiger charge is -2.01. The fraction of sp³-hybridized carbons (Fsp3) is 0.143. The van der Waals surface area contributed by atoms with Crippen LogP contribution in [0.4, 0.5) is 4.39 Å². The van der Waals surface area contributed by atoms with E-state index < -0.39 is 0 Å². The van der Waals surface area contributed by atoms with Crippen molar-refractivity contribution >= 4 is 11.2 Å². The maximum atomic E-state index is 13.3. The van der Waals surface area contributed by atoms with Crippen molar-refractivity contribution in [3.05, 3.63) is 41.7 Å².